The van der Waals surface area contributed by atoms with Crippen LogP contribution in [-0.2, 0) is 4.79 Å². The summed E-state index contributed by atoms with van der Waals surface area (Å²) in [5.74, 6) is -3.37. The van der Waals surface area contributed by atoms with E-state index in [0.717, 1.165) is 0 Å². The van der Waals surface area contributed by atoms with E-state index in [9.17, 15) is 13.6 Å². The van der Waals surface area contributed by atoms with Crippen molar-refractivity contribution < 1.29 is 23.4 Å². The molecule has 4 N–H and O–H groups in total. The van der Waals surface area contributed by atoms with Gasteiger partial charge in [-0.3, -0.25) is 4.79 Å². The molecule has 7 heteroatoms. The fraction of sp³-hybridized carbons (Fsp3) is 0.417. The fourth-order valence-corrected chi connectivity index (χ4v) is 1.24. The lowest BCUT2D eigenvalue weighted by Gasteiger charge is -2.14. The standard InChI is InChI=1S/C12H16F2N2O3/c13-12(14,8-17)7-16-11(18)4-5-19-10-3-1-2-9(15)6-10/h1-3,6,17H,4-5,7-8,15H2,(H,16,18). The molecule has 0 radical (unpaired) electrons. The summed E-state index contributed by atoms with van der Waals surface area (Å²) < 4.78 is 30.5. The number of nitrogen functional groups attached to an aromatic ring is 1. The molecule has 0 saturated carbocycles. The number of hydrogen-bond donors (Lipinski definition) is 3. The zero-order valence-electron chi connectivity index (χ0n) is 10.2. The Morgan fingerprint density at radius 2 is 2.21 bits per heavy atom. The Balaban J connectivity index is 2.24. The third-order valence-corrected chi connectivity index (χ3v) is 2.23. The van der Waals surface area contributed by atoms with Gasteiger partial charge < -0.3 is 20.9 Å². The highest BCUT2D eigenvalue weighted by Crippen LogP contribution is 2.14. The molecule has 0 unspecified atom stereocenters. The second kappa shape index (κ2) is 6.89. The molecule has 0 fully saturated rings. The summed E-state index contributed by atoms with van der Waals surface area (Å²) in [5.41, 5.74) is 6.07. The smallest absolute Gasteiger partial charge is 0.287 e. The Morgan fingerprint density at radius 3 is 2.84 bits per heavy atom. The first-order chi connectivity index (χ1) is 8.93. The number of aliphatic hydroxyl groups is 1. The van der Waals surface area contributed by atoms with Gasteiger partial charge in [0.05, 0.1) is 19.6 Å². The van der Waals surface area contributed by atoms with Gasteiger partial charge in [-0.05, 0) is 12.1 Å². The first kappa shape index (κ1) is 15.2. The molecule has 5 nitrogen and oxygen atoms in total. The average molecular weight is 274 g/mol. The van der Waals surface area contributed by atoms with Crippen molar-refractivity contribution in [1.82, 2.24) is 5.32 Å². The molecule has 1 aromatic rings. The number of benzene rings is 1. The maximum atomic E-state index is 12.6. The summed E-state index contributed by atoms with van der Waals surface area (Å²) in [6.07, 6.45) is -0.0592. The van der Waals surface area contributed by atoms with E-state index < -0.39 is 25.0 Å². The van der Waals surface area contributed by atoms with Gasteiger partial charge >= 0.3 is 0 Å². The van der Waals surface area contributed by atoms with E-state index in [-0.39, 0.29) is 13.0 Å². The highest BCUT2D eigenvalue weighted by atomic mass is 19.3. The van der Waals surface area contributed by atoms with Crippen LogP contribution in [0.3, 0.4) is 0 Å². The van der Waals surface area contributed by atoms with E-state index in [1.54, 1.807) is 24.3 Å². The second-order valence-electron chi connectivity index (χ2n) is 3.96. The number of aliphatic hydroxyl groups excluding tert-OH is 1. The summed E-state index contributed by atoms with van der Waals surface area (Å²) in [4.78, 5) is 11.2. The summed E-state index contributed by atoms with van der Waals surface area (Å²) in [6.45, 7) is -2.13. The van der Waals surface area contributed by atoms with Crippen LogP contribution >= 0.6 is 0 Å². The highest BCUT2D eigenvalue weighted by molar-refractivity contribution is 5.76. The van der Waals surface area contributed by atoms with Gasteiger partial charge in [-0.25, -0.2) is 8.78 Å². The molecule has 1 aromatic carbocycles. The van der Waals surface area contributed by atoms with Crippen LogP contribution in [0.25, 0.3) is 0 Å². The van der Waals surface area contributed by atoms with Crippen molar-refractivity contribution in [2.45, 2.75) is 12.3 Å². The van der Waals surface area contributed by atoms with Gasteiger partial charge in [-0.1, -0.05) is 6.07 Å². The third kappa shape index (κ3) is 6.01. The number of hydrogen-bond acceptors (Lipinski definition) is 4. The van der Waals surface area contributed by atoms with Crippen molar-refractivity contribution in [3.63, 3.8) is 0 Å². The van der Waals surface area contributed by atoms with Gasteiger partial charge in [0.25, 0.3) is 5.92 Å². The summed E-state index contributed by atoms with van der Waals surface area (Å²) in [5, 5.41) is 10.3. The summed E-state index contributed by atoms with van der Waals surface area (Å²) in [6, 6.07) is 6.66. The molecule has 0 aliphatic heterocycles. The Kier molecular flexibility index (Phi) is 5.50. The van der Waals surface area contributed by atoms with Crippen molar-refractivity contribution in [2.24, 2.45) is 0 Å². The molecular weight excluding hydrogens is 258 g/mol. The number of nitrogens with two attached hydrogens (primary N) is 1. The number of rotatable bonds is 7. The van der Waals surface area contributed by atoms with Crippen molar-refractivity contribution >= 4 is 11.6 Å². The molecular formula is C12H16F2N2O3. The SMILES string of the molecule is Nc1cccc(OCCC(=O)NCC(F)(F)CO)c1. The molecule has 1 amide bonds. The van der Waals surface area contributed by atoms with Crippen molar-refractivity contribution in [3.05, 3.63) is 24.3 Å². The second-order valence-corrected chi connectivity index (χ2v) is 3.96. The van der Waals surface area contributed by atoms with E-state index in [2.05, 4.69) is 0 Å². The van der Waals surface area contributed by atoms with Crippen LogP contribution in [0.1, 0.15) is 6.42 Å². The van der Waals surface area contributed by atoms with Gasteiger partial charge in [0.15, 0.2) is 0 Å². The van der Waals surface area contributed by atoms with E-state index in [0.29, 0.717) is 11.4 Å². The number of nitrogens with one attached hydrogen (secondary N) is 1. The molecule has 0 saturated heterocycles. The predicted octanol–water partition coefficient (Wildman–Crippen LogP) is 0.781. The van der Waals surface area contributed by atoms with Crippen LogP contribution in [0.15, 0.2) is 24.3 Å². The molecule has 0 atom stereocenters. The van der Waals surface area contributed by atoms with Crippen LogP contribution in [0.5, 0.6) is 5.75 Å². The molecule has 0 aliphatic carbocycles. The monoisotopic (exact) mass is 274 g/mol. The number of alkyl halides is 2. The Morgan fingerprint density at radius 1 is 1.47 bits per heavy atom. The molecule has 1 rings (SSSR count). The molecule has 19 heavy (non-hydrogen) atoms. The lowest BCUT2D eigenvalue weighted by molar-refractivity contribution is -0.124. The maximum Gasteiger partial charge on any atom is 0.287 e. The minimum atomic E-state index is -3.30. The van der Waals surface area contributed by atoms with Crippen molar-refractivity contribution in [3.8, 4) is 5.75 Å². The van der Waals surface area contributed by atoms with Crippen LogP contribution in [0.2, 0.25) is 0 Å². The predicted molar refractivity (Wildman–Crippen MR) is 66.0 cm³/mol. The number of carbonyl (C=O) groups is 1. The molecule has 0 bridgehead atoms. The average Bonchev–Trinajstić information content (AvgIpc) is 2.37. The van der Waals surface area contributed by atoms with Gasteiger partial charge in [0, 0.05) is 11.8 Å². The van der Waals surface area contributed by atoms with E-state index >= 15 is 0 Å². The van der Waals surface area contributed by atoms with E-state index in [1.807, 2.05) is 5.32 Å². The highest BCUT2D eigenvalue weighted by Gasteiger charge is 2.27. The molecule has 0 spiro atoms. The maximum absolute atomic E-state index is 12.6. The summed E-state index contributed by atoms with van der Waals surface area (Å²) >= 11 is 0. The summed E-state index contributed by atoms with van der Waals surface area (Å²) in [7, 11) is 0. The Labute approximate surface area is 109 Å². The normalized spacial score (nSPS) is 11.1. The third-order valence-electron chi connectivity index (χ3n) is 2.23. The zero-order chi connectivity index (χ0) is 14.3. The van der Waals surface area contributed by atoms with Crippen molar-refractivity contribution in [1.29, 1.82) is 0 Å². The largest absolute Gasteiger partial charge is 0.493 e. The quantitative estimate of drug-likeness (QED) is 0.641. The van der Waals surface area contributed by atoms with Crippen LogP contribution in [-0.4, -0.2) is 36.7 Å². The Hall–Kier alpha value is -1.89. The van der Waals surface area contributed by atoms with Crippen LogP contribution in [0, 0.1) is 0 Å². The number of ether oxygens (including phenoxy) is 1. The van der Waals surface area contributed by atoms with E-state index in [4.69, 9.17) is 15.6 Å². The minimum Gasteiger partial charge on any atom is -0.493 e. The lowest BCUT2D eigenvalue weighted by Crippen LogP contribution is -2.39. The van der Waals surface area contributed by atoms with Crippen molar-refractivity contribution in [2.75, 3.05) is 25.5 Å². The number of amides is 1. The number of halogens is 2. The van der Waals surface area contributed by atoms with E-state index in [1.165, 1.54) is 0 Å². The van der Waals surface area contributed by atoms with Gasteiger partial charge in [-0.2, -0.15) is 0 Å². The van der Waals surface area contributed by atoms with Gasteiger partial charge in [0.2, 0.25) is 5.91 Å². The van der Waals surface area contributed by atoms with Gasteiger partial charge in [0.1, 0.15) is 12.4 Å². The minimum absolute atomic E-state index is 0.0555. The first-order valence-corrected chi connectivity index (χ1v) is 5.67. The Bertz CT molecular complexity index is 427. The molecule has 0 heterocycles. The van der Waals surface area contributed by atoms with Crippen LogP contribution in [0.4, 0.5) is 14.5 Å². The molecule has 0 aliphatic rings. The van der Waals surface area contributed by atoms with Gasteiger partial charge in [-0.15, -0.1) is 0 Å². The lowest BCUT2D eigenvalue weighted by atomic mass is 10.3. The number of carbonyl (C=O) groups excluding carboxylic acids is 1. The number of anilines is 1. The molecule has 0 aromatic heterocycles. The fourth-order valence-electron chi connectivity index (χ4n) is 1.24. The van der Waals surface area contributed by atoms with Crippen LogP contribution < -0.4 is 15.8 Å². The first-order valence-electron chi connectivity index (χ1n) is 5.67. The zero-order valence-corrected chi connectivity index (χ0v) is 10.2. The molecule has 106 valence electrons. The topological polar surface area (TPSA) is 84.6 Å².